The second-order valence-electron chi connectivity index (χ2n) is 6.28. The highest BCUT2D eigenvalue weighted by Crippen LogP contribution is 2.26. The number of hydrogen-bond donors (Lipinski definition) is 0. The first-order valence-electron chi connectivity index (χ1n) is 8.49. The lowest BCUT2D eigenvalue weighted by Gasteiger charge is -2.11. The highest BCUT2D eigenvalue weighted by molar-refractivity contribution is 5.83. The fourth-order valence-corrected chi connectivity index (χ4v) is 2.90. The van der Waals surface area contributed by atoms with E-state index in [1.54, 1.807) is 0 Å². The molecule has 4 rings (SSSR count). The van der Waals surface area contributed by atoms with Gasteiger partial charge in [0, 0.05) is 5.56 Å². The number of hydrogen-bond acceptors (Lipinski definition) is 6. The van der Waals surface area contributed by atoms with E-state index >= 15 is 0 Å². The lowest BCUT2D eigenvalue weighted by Crippen LogP contribution is -2.03. The lowest BCUT2D eigenvalue weighted by molar-refractivity contribution is 0.186. The Hall–Kier alpha value is -3.15. The maximum absolute atomic E-state index is 5.98. The Morgan fingerprint density at radius 3 is 2.62 bits per heavy atom. The molecule has 0 aliphatic rings. The van der Waals surface area contributed by atoms with Crippen molar-refractivity contribution in [3.8, 4) is 5.75 Å². The van der Waals surface area contributed by atoms with Crippen LogP contribution in [0.25, 0.3) is 10.8 Å². The molecule has 2 aromatic carbocycles. The SMILES string of the molecule is Cc1noc(C)c1Cc1nnc(C(C)Oc2ccc3ccccc3c2)o1. The van der Waals surface area contributed by atoms with Gasteiger partial charge in [0.05, 0.1) is 12.1 Å². The van der Waals surface area contributed by atoms with Gasteiger partial charge in [-0.2, -0.15) is 0 Å². The Kier molecular flexibility index (Phi) is 4.16. The highest BCUT2D eigenvalue weighted by Gasteiger charge is 2.18. The van der Waals surface area contributed by atoms with Crippen molar-refractivity contribution in [2.75, 3.05) is 0 Å². The Morgan fingerprint density at radius 1 is 1.04 bits per heavy atom. The third kappa shape index (κ3) is 3.18. The quantitative estimate of drug-likeness (QED) is 0.526. The monoisotopic (exact) mass is 349 g/mol. The van der Waals surface area contributed by atoms with Crippen molar-refractivity contribution in [3.05, 3.63) is 71.3 Å². The molecule has 132 valence electrons. The number of nitrogens with zero attached hydrogens (tertiary/aromatic N) is 3. The van der Waals surface area contributed by atoms with Crippen molar-refractivity contribution in [3.63, 3.8) is 0 Å². The van der Waals surface area contributed by atoms with Crippen LogP contribution in [0.15, 0.2) is 51.4 Å². The maximum atomic E-state index is 5.98. The predicted molar refractivity (Wildman–Crippen MR) is 96.1 cm³/mol. The molecule has 0 amide bonds. The lowest BCUT2D eigenvalue weighted by atomic mass is 10.1. The van der Waals surface area contributed by atoms with Gasteiger partial charge in [-0.3, -0.25) is 0 Å². The largest absolute Gasteiger partial charge is 0.481 e. The molecule has 2 heterocycles. The summed E-state index contributed by atoms with van der Waals surface area (Å²) in [4.78, 5) is 0. The van der Waals surface area contributed by atoms with E-state index in [-0.39, 0.29) is 6.10 Å². The number of rotatable bonds is 5. The fraction of sp³-hybridized carbons (Fsp3) is 0.250. The van der Waals surface area contributed by atoms with Crippen molar-refractivity contribution in [2.45, 2.75) is 33.3 Å². The summed E-state index contributed by atoms with van der Waals surface area (Å²) in [6, 6.07) is 14.1. The van der Waals surface area contributed by atoms with Crippen molar-refractivity contribution in [1.82, 2.24) is 15.4 Å². The zero-order chi connectivity index (χ0) is 18.1. The summed E-state index contributed by atoms with van der Waals surface area (Å²) in [6.45, 7) is 5.66. The molecule has 0 N–H and O–H groups in total. The van der Waals surface area contributed by atoms with E-state index in [1.807, 2.05) is 51.1 Å². The van der Waals surface area contributed by atoms with Gasteiger partial charge in [-0.15, -0.1) is 10.2 Å². The molecule has 0 radical (unpaired) electrons. The molecule has 1 unspecified atom stereocenters. The average Bonchev–Trinajstić information content (AvgIpc) is 3.24. The van der Waals surface area contributed by atoms with Gasteiger partial charge in [-0.05, 0) is 43.7 Å². The first kappa shape index (κ1) is 16.3. The smallest absolute Gasteiger partial charge is 0.256 e. The van der Waals surface area contributed by atoms with Gasteiger partial charge in [0.1, 0.15) is 11.5 Å². The van der Waals surface area contributed by atoms with Crippen molar-refractivity contribution < 1.29 is 13.7 Å². The van der Waals surface area contributed by atoms with Crippen LogP contribution in [0.5, 0.6) is 5.75 Å². The third-order valence-corrected chi connectivity index (χ3v) is 4.37. The summed E-state index contributed by atoms with van der Waals surface area (Å²) in [5.74, 6) is 2.49. The molecule has 0 spiro atoms. The maximum Gasteiger partial charge on any atom is 0.256 e. The summed E-state index contributed by atoms with van der Waals surface area (Å²) in [5, 5.41) is 14.5. The van der Waals surface area contributed by atoms with Gasteiger partial charge in [0.25, 0.3) is 5.89 Å². The molecular weight excluding hydrogens is 330 g/mol. The molecule has 0 saturated carbocycles. The normalized spacial score (nSPS) is 12.4. The highest BCUT2D eigenvalue weighted by atomic mass is 16.5. The van der Waals surface area contributed by atoms with Gasteiger partial charge >= 0.3 is 0 Å². The van der Waals surface area contributed by atoms with Crippen LogP contribution in [0.3, 0.4) is 0 Å². The zero-order valence-electron chi connectivity index (χ0n) is 14.9. The first-order valence-corrected chi connectivity index (χ1v) is 8.49. The van der Waals surface area contributed by atoms with Crippen LogP contribution >= 0.6 is 0 Å². The fourth-order valence-electron chi connectivity index (χ4n) is 2.90. The number of fused-ring (bicyclic) bond motifs is 1. The second kappa shape index (κ2) is 6.63. The van der Waals surface area contributed by atoms with E-state index in [2.05, 4.69) is 27.5 Å². The van der Waals surface area contributed by atoms with Crippen LogP contribution in [0.4, 0.5) is 0 Å². The van der Waals surface area contributed by atoms with Crippen LogP contribution in [-0.2, 0) is 6.42 Å². The molecule has 0 aliphatic carbocycles. The Labute approximate surface area is 150 Å². The van der Waals surface area contributed by atoms with Crippen LogP contribution in [0.1, 0.15) is 41.8 Å². The summed E-state index contributed by atoms with van der Waals surface area (Å²) in [6.07, 6.45) is 0.152. The first-order chi connectivity index (χ1) is 12.6. The molecule has 0 bridgehead atoms. The summed E-state index contributed by atoms with van der Waals surface area (Å²) in [7, 11) is 0. The molecule has 0 fully saturated rings. The van der Waals surface area contributed by atoms with Crippen molar-refractivity contribution in [2.24, 2.45) is 0 Å². The summed E-state index contributed by atoms with van der Waals surface area (Å²) >= 11 is 0. The van der Waals surface area contributed by atoms with Crippen LogP contribution < -0.4 is 4.74 Å². The van der Waals surface area contributed by atoms with Crippen LogP contribution in [0, 0.1) is 13.8 Å². The van der Waals surface area contributed by atoms with E-state index < -0.39 is 0 Å². The number of aryl methyl sites for hydroxylation is 2. The second-order valence-corrected chi connectivity index (χ2v) is 6.28. The minimum absolute atomic E-state index is 0.345. The van der Waals surface area contributed by atoms with Gasteiger partial charge in [0.15, 0.2) is 6.10 Å². The van der Waals surface area contributed by atoms with Gasteiger partial charge in [0.2, 0.25) is 5.89 Å². The topological polar surface area (TPSA) is 74.2 Å². The van der Waals surface area contributed by atoms with E-state index in [0.717, 1.165) is 28.2 Å². The Morgan fingerprint density at radius 2 is 1.85 bits per heavy atom. The molecule has 1 atom stereocenters. The molecule has 6 heteroatoms. The van der Waals surface area contributed by atoms with E-state index in [0.29, 0.717) is 18.2 Å². The average molecular weight is 349 g/mol. The number of ether oxygens (including phenoxy) is 1. The zero-order valence-corrected chi connectivity index (χ0v) is 14.9. The number of benzene rings is 2. The summed E-state index contributed by atoms with van der Waals surface area (Å²) < 4.78 is 16.9. The van der Waals surface area contributed by atoms with Crippen molar-refractivity contribution in [1.29, 1.82) is 0 Å². The van der Waals surface area contributed by atoms with Gasteiger partial charge in [-0.25, -0.2) is 0 Å². The third-order valence-electron chi connectivity index (χ3n) is 4.37. The molecular formula is C20H19N3O3. The van der Waals surface area contributed by atoms with E-state index in [9.17, 15) is 0 Å². The predicted octanol–water partition coefficient (Wildman–Crippen LogP) is 4.56. The van der Waals surface area contributed by atoms with E-state index in [4.69, 9.17) is 13.7 Å². The Bertz CT molecular complexity index is 1030. The van der Waals surface area contributed by atoms with Gasteiger partial charge in [-0.1, -0.05) is 35.5 Å². The van der Waals surface area contributed by atoms with Crippen LogP contribution in [-0.4, -0.2) is 15.4 Å². The minimum Gasteiger partial charge on any atom is -0.481 e. The minimum atomic E-state index is -0.345. The standard InChI is InChI=1S/C20H19N3O3/c1-12-18(13(2)26-23-12)11-19-21-22-20(25-19)14(3)24-17-9-8-15-6-4-5-7-16(15)10-17/h4-10,14H,11H2,1-3H3. The van der Waals surface area contributed by atoms with Crippen molar-refractivity contribution >= 4 is 10.8 Å². The molecule has 4 aromatic rings. The van der Waals surface area contributed by atoms with Gasteiger partial charge < -0.3 is 13.7 Å². The molecule has 6 nitrogen and oxygen atoms in total. The molecule has 2 aromatic heterocycles. The molecule has 0 saturated heterocycles. The molecule has 26 heavy (non-hydrogen) atoms. The van der Waals surface area contributed by atoms with E-state index in [1.165, 1.54) is 5.39 Å². The number of aromatic nitrogens is 3. The summed E-state index contributed by atoms with van der Waals surface area (Å²) in [5.41, 5.74) is 1.81. The Balaban J connectivity index is 1.49. The molecule has 0 aliphatic heterocycles. The van der Waals surface area contributed by atoms with Crippen LogP contribution in [0.2, 0.25) is 0 Å².